The van der Waals surface area contributed by atoms with Crippen molar-refractivity contribution in [2.24, 2.45) is 7.05 Å². The van der Waals surface area contributed by atoms with Gasteiger partial charge in [-0.05, 0) is 18.2 Å². The van der Waals surface area contributed by atoms with Crippen molar-refractivity contribution in [3.63, 3.8) is 0 Å². The maximum atomic E-state index is 13.9. The number of rotatable bonds is 2. The van der Waals surface area contributed by atoms with E-state index in [0.717, 1.165) is 5.56 Å². The van der Waals surface area contributed by atoms with Gasteiger partial charge in [-0.2, -0.15) is 5.10 Å². The number of benzene rings is 1. The van der Waals surface area contributed by atoms with Gasteiger partial charge in [0.2, 0.25) is 0 Å². The van der Waals surface area contributed by atoms with E-state index < -0.39 is 5.82 Å². The first-order valence-electron chi connectivity index (χ1n) is 9.68. The van der Waals surface area contributed by atoms with E-state index in [2.05, 4.69) is 10.1 Å². The molecule has 1 fully saturated rings. The molecule has 3 aromatic rings. The number of carbonyl (C=O) groups excluding carboxylic acids is 2. The van der Waals surface area contributed by atoms with Gasteiger partial charge in [-0.1, -0.05) is 0 Å². The Kier molecular flexibility index (Phi) is 5.11. The van der Waals surface area contributed by atoms with Gasteiger partial charge in [0, 0.05) is 70.5 Å². The molecular formula is C21H23FN6O2. The van der Waals surface area contributed by atoms with Gasteiger partial charge in [-0.25, -0.2) is 14.2 Å². The zero-order valence-electron chi connectivity index (χ0n) is 17.2. The van der Waals surface area contributed by atoms with Gasteiger partial charge in [-0.15, -0.1) is 0 Å². The van der Waals surface area contributed by atoms with Crippen LogP contribution in [0, 0.1) is 5.82 Å². The Morgan fingerprint density at radius 1 is 1.07 bits per heavy atom. The number of carbonyl (C=O) groups is 2. The van der Waals surface area contributed by atoms with Crippen molar-refractivity contribution in [3.05, 3.63) is 48.0 Å². The van der Waals surface area contributed by atoms with Crippen molar-refractivity contribution in [2.75, 3.05) is 40.3 Å². The Bertz CT molecular complexity index is 1120. The summed E-state index contributed by atoms with van der Waals surface area (Å²) in [6, 6.07) is 5.92. The van der Waals surface area contributed by atoms with Gasteiger partial charge in [0.25, 0.3) is 5.91 Å². The number of nitrogens with zero attached hydrogens (tertiary/aromatic N) is 6. The summed E-state index contributed by atoms with van der Waals surface area (Å²) in [6.45, 7) is 1.81. The zero-order chi connectivity index (χ0) is 21.4. The van der Waals surface area contributed by atoms with Crippen LogP contribution in [0.2, 0.25) is 0 Å². The molecule has 1 saturated heterocycles. The number of pyridine rings is 1. The van der Waals surface area contributed by atoms with E-state index in [0.29, 0.717) is 48.3 Å². The zero-order valence-corrected chi connectivity index (χ0v) is 17.2. The number of aromatic nitrogens is 3. The fourth-order valence-electron chi connectivity index (χ4n) is 3.63. The van der Waals surface area contributed by atoms with Crippen LogP contribution in [0.1, 0.15) is 10.4 Å². The molecule has 0 bridgehead atoms. The number of hydrogen-bond acceptors (Lipinski definition) is 4. The molecule has 0 radical (unpaired) electrons. The van der Waals surface area contributed by atoms with Gasteiger partial charge < -0.3 is 14.7 Å². The first kappa shape index (κ1) is 19.8. The predicted molar refractivity (Wildman–Crippen MR) is 110 cm³/mol. The molecule has 0 N–H and O–H groups in total. The van der Waals surface area contributed by atoms with Gasteiger partial charge in [0.05, 0.1) is 23.0 Å². The Hall–Kier alpha value is -3.49. The fourth-order valence-corrected chi connectivity index (χ4v) is 3.63. The standard InChI is InChI=1S/C21H23FN6O2/c1-25(2)21(30)28-8-6-27(7-9-28)20(29)17-11-18(14-12-23-26(3)13-14)24-19-10-15(22)4-5-16(17)19/h4-5,10-13H,6-9H2,1-3H3. The predicted octanol–water partition coefficient (Wildman–Crippen LogP) is 2.21. The summed E-state index contributed by atoms with van der Waals surface area (Å²) in [5.41, 5.74) is 2.19. The second-order valence-electron chi connectivity index (χ2n) is 7.58. The summed E-state index contributed by atoms with van der Waals surface area (Å²) in [4.78, 5) is 35.0. The third-order valence-corrected chi connectivity index (χ3v) is 5.22. The van der Waals surface area contributed by atoms with Crippen molar-refractivity contribution in [3.8, 4) is 11.3 Å². The smallest absolute Gasteiger partial charge is 0.319 e. The molecule has 3 heterocycles. The number of amides is 3. The maximum absolute atomic E-state index is 13.9. The summed E-state index contributed by atoms with van der Waals surface area (Å²) >= 11 is 0. The number of halogens is 1. The largest absolute Gasteiger partial charge is 0.335 e. The topological polar surface area (TPSA) is 74.6 Å². The summed E-state index contributed by atoms with van der Waals surface area (Å²) in [5.74, 6) is -0.566. The molecule has 0 atom stereocenters. The molecule has 1 aromatic carbocycles. The van der Waals surface area contributed by atoms with Crippen LogP contribution in [0.25, 0.3) is 22.2 Å². The molecule has 30 heavy (non-hydrogen) atoms. The van der Waals surface area contributed by atoms with Crippen LogP contribution >= 0.6 is 0 Å². The minimum Gasteiger partial charge on any atom is -0.335 e. The number of hydrogen-bond donors (Lipinski definition) is 0. The van der Waals surface area contributed by atoms with Crippen molar-refractivity contribution in [1.29, 1.82) is 0 Å². The molecule has 1 aliphatic rings. The summed E-state index contributed by atoms with van der Waals surface area (Å²) < 4.78 is 15.5. The SMILES string of the molecule is CN(C)C(=O)N1CCN(C(=O)c2cc(-c3cnn(C)c3)nc3cc(F)ccc23)CC1. The molecule has 4 rings (SSSR count). The minimum atomic E-state index is -0.410. The van der Waals surface area contributed by atoms with Crippen LogP contribution in [0.15, 0.2) is 36.7 Å². The molecule has 1 aliphatic heterocycles. The minimum absolute atomic E-state index is 0.0641. The average molecular weight is 410 g/mol. The molecule has 9 heteroatoms. The Balaban J connectivity index is 1.67. The van der Waals surface area contributed by atoms with Gasteiger partial charge in [0.15, 0.2) is 0 Å². The van der Waals surface area contributed by atoms with E-state index in [9.17, 15) is 14.0 Å². The van der Waals surface area contributed by atoms with E-state index in [1.165, 1.54) is 17.0 Å². The second kappa shape index (κ2) is 7.74. The molecule has 156 valence electrons. The number of fused-ring (bicyclic) bond motifs is 1. The highest BCUT2D eigenvalue weighted by Gasteiger charge is 2.27. The molecule has 8 nitrogen and oxygen atoms in total. The lowest BCUT2D eigenvalue weighted by atomic mass is 10.0. The van der Waals surface area contributed by atoms with Crippen molar-refractivity contribution >= 4 is 22.8 Å². The van der Waals surface area contributed by atoms with Crippen LogP contribution in [0.4, 0.5) is 9.18 Å². The molecule has 0 unspecified atom stereocenters. The Morgan fingerprint density at radius 2 is 1.77 bits per heavy atom. The second-order valence-corrected chi connectivity index (χ2v) is 7.58. The number of urea groups is 1. The van der Waals surface area contributed by atoms with Crippen LogP contribution in [0.3, 0.4) is 0 Å². The quantitative estimate of drug-likeness (QED) is 0.649. The van der Waals surface area contributed by atoms with Crippen molar-refractivity contribution < 1.29 is 14.0 Å². The van der Waals surface area contributed by atoms with Crippen LogP contribution in [-0.4, -0.2) is 81.7 Å². The lowest BCUT2D eigenvalue weighted by Crippen LogP contribution is -2.52. The molecule has 0 spiro atoms. The van der Waals surface area contributed by atoms with Gasteiger partial charge in [0.1, 0.15) is 5.82 Å². The third kappa shape index (κ3) is 3.70. The van der Waals surface area contributed by atoms with E-state index >= 15 is 0 Å². The highest BCUT2D eigenvalue weighted by atomic mass is 19.1. The Labute approximate surface area is 173 Å². The van der Waals surface area contributed by atoms with E-state index in [1.54, 1.807) is 60.2 Å². The third-order valence-electron chi connectivity index (χ3n) is 5.22. The van der Waals surface area contributed by atoms with Crippen LogP contribution in [0.5, 0.6) is 0 Å². The first-order chi connectivity index (χ1) is 14.3. The monoisotopic (exact) mass is 410 g/mol. The summed E-state index contributed by atoms with van der Waals surface area (Å²) in [5, 5.41) is 4.76. The van der Waals surface area contributed by atoms with E-state index in [-0.39, 0.29) is 11.9 Å². The number of aryl methyl sites for hydroxylation is 1. The van der Waals surface area contributed by atoms with E-state index in [1.807, 2.05) is 0 Å². The molecule has 2 aromatic heterocycles. The van der Waals surface area contributed by atoms with Crippen LogP contribution < -0.4 is 0 Å². The maximum Gasteiger partial charge on any atom is 0.319 e. The summed E-state index contributed by atoms with van der Waals surface area (Å²) in [7, 11) is 5.22. The lowest BCUT2D eigenvalue weighted by Gasteiger charge is -2.36. The van der Waals surface area contributed by atoms with Gasteiger partial charge >= 0.3 is 6.03 Å². The first-order valence-corrected chi connectivity index (χ1v) is 9.68. The Morgan fingerprint density at radius 3 is 2.40 bits per heavy atom. The molecule has 0 saturated carbocycles. The summed E-state index contributed by atoms with van der Waals surface area (Å²) in [6.07, 6.45) is 3.46. The molecular weight excluding hydrogens is 387 g/mol. The van der Waals surface area contributed by atoms with Crippen molar-refractivity contribution in [1.82, 2.24) is 29.5 Å². The normalized spacial score (nSPS) is 14.3. The fraction of sp³-hybridized carbons (Fsp3) is 0.333. The van der Waals surface area contributed by atoms with Crippen molar-refractivity contribution in [2.45, 2.75) is 0 Å². The average Bonchev–Trinajstić information content (AvgIpc) is 3.18. The molecule has 0 aliphatic carbocycles. The van der Waals surface area contributed by atoms with E-state index in [4.69, 9.17) is 0 Å². The number of piperazine rings is 1. The van der Waals surface area contributed by atoms with Crippen LogP contribution in [-0.2, 0) is 7.05 Å². The lowest BCUT2D eigenvalue weighted by molar-refractivity contribution is 0.0652. The highest BCUT2D eigenvalue weighted by molar-refractivity contribution is 6.07. The molecule has 3 amide bonds. The highest BCUT2D eigenvalue weighted by Crippen LogP contribution is 2.26. The van der Waals surface area contributed by atoms with Gasteiger partial charge in [-0.3, -0.25) is 9.48 Å².